The molecule has 1 amide bonds. The second kappa shape index (κ2) is 12.1. The molecule has 0 atom stereocenters. The van der Waals surface area contributed by atoms with Gasteiger partial charge in [0.1, 0.15) is 6.54 Å². The van der Waals surface area contributed by atoms with Gasteiger partial charge in [-0.15, -0.1) is 0 Å². The number of nitrogens with one attached hydrogen (secondary N) is 1. The molecule has 0 radical (unpaired) electrons. The zero-order valence-electron chi connectivity index (χ0n) is 21.2. The van der Waals surface area contributed by atoms with E-state index in [2.05, 4.69) is 26.5 Å². The van der Waals surface area contributed by atoms with Crippen LogP contribution in [0.3, 0.4) is 0 Å². The Morgan fingerprint density at radius 2 is 1.68 bits per heavy atom. The van der Waals surface area contributed by atoms with Crippen LogP contribution >= 0.6 is 15.9 Å². The lowest BCUT2D eigenvalue weighted by Gasteiger charge is -2.24. The molecule has 11 heteroatoms. The highest BCUT2D eigenvalue weighted by Gasteiger charge is 2.28. The number of ether oxygens (including phenoxy) is 2. The number of nitrogens with zero attached hydrogens (tertiary/aromatic N) is 3. The van der Waals surface area contributed by atoms with E-state index in [0.29, 0.717) is 11.5 Å². The Morgan fingerprint density at radius 1 is 1.00 bits per heavy atom. The maximum Gasteiger partial charge on any atom is 0.264 e. The minimum absolute atomic E-state index is 0.0509. The first-order chi connectivity index (χ1) is 17.6. The highest BCUT2D eigenvalue weighted by Crippen LogP contribution is 2.33. The van der Waals surface area contributed by atoms with Crippen molar-refractivity contribution in [3.05, 3.63) is 76.3 Å². The number of benzene rings is 3. The largest absolute Gasteiger partial charge is 0.493 e. The summed E-state index contributed by atoms with van der Waals surface area (Å²) in [4.78, 5) is 14.8. The van der Waals surface area contributed by atoms with Crippen LogP contribution in [0.15, 0.2) is 75.1 Å². The lowest BCUT2D eigenvalue weighted by Crippen LogP contribution is -2.39. The van der Waals surface area contributed by atoms with Gasteiger partial charge in [-0.05, 0) is 64.8 Å². The Labute approximate surface area is 225 Å². The minimum atomic E-state index is -4.09. The average Bonchev–Trinajstić information content (AvgIpc) is 2.87. The summed E-state index contributed by atoms with van der Waals surface area (Å²) < 4.78 is 39.6. The van der Waals surface area contributed by atoms with Crippen LogP contribution in [0.25, 0.3) is 0 Å². The molecule has 0 saturated carbocycles. The van der Waals surface area contributed by atoms with Gasteiger partial charge in [0.2, 0.25) is 0 Å². The molecule has 3 aromatic rings. The van der Waals surface area contributed by atoms with E-state index in [1.807, 2.05) is 44.1 Å². The normalized spacial score (nSPS) is 11.3. The SMILES string of the molecule is COc1ccc(N(CC(=O)N/N=C\c2ccc(N(C)C)c(Br)c2)S(=O)(=O)c2ccc(C)cc2)cc1OC. The van der Waals surface area contributed by atoms with Crippen molar-refractivity contribution in [3.63, 3.8) is 0 Å². The maximum absolute atomic E-state index is 13.6. The summed E-state index contributed by atoms with van der Waals surface area (Å²) in [6.45, 7) is 1.35. The first-order valence-corrected chi connectivity index (χ1v) is 13.4. The summed E-state index contributed by atoms with van der Waals surface area (Å²) in [6.07, 6.45) is 1.48. The highest BCUT2D eigenvalue weighted by molar-refractivity contribution is 9.10. The molecule has 3 aromatic carbocycles. The third-order valence-electron chi connectivity index (χ3n) is 5.41. The van der Waals surface area contributed by atoms with Gasteiger partial charge in [0, 0.05) is 24.6 Å². The van der Waals surface area contributed by atoms with Crippen LogP contribution in [-0.4, -0.2) is 55.4 Å². The standard InChI is InChI=1S/C26H29BrN4O5S/c1-18-6-10-21(11-7-18)37(33,34)31(20-9-13-24(35-4)25(15-20)36-5)17-26(32)29-28-16-19-8-12-23(30(2)3)22(27)14-19/h6-16H,17H2,1-5H3,(H,29,32)/b28-16-. The molecular formula is C26H29BrN4O5S. The Kier molecular flexibility index (Phi) is 9.17. The fraction of sp³-hybridized carbons (Fsp3) is 0.231. The van der Waals surface area contributed by atoms with Crippen LogP contribution < -0.4 is 24.1 Å². The lowest BCUT2D eigenvalue weighted by atomic mass is 10.2. The summed E-state index contributed by atoms with van der Waals surface area (Å²) in [7, 11) is 2.71. The van der Waals surface area contributed by atoms with Crippen LogP contribution in [0.5, 0.6) is 11.5 Å². The van der Waals surface area contributed by atoms with Gasteiger partial charge >= 0.3 is 0 Å². The Hall–Kier alpha value is -3.57. The van der Waals surface area contributed by atoms with E-state index in [1.54, 1.807) is 24.3 Å². The molecule has 196 valence electrons. The van der Waals surface area contributed by atoms with E-state index in [0.717, 1.165) is 25.6 Å². The minimum Gasteiger partial charge on any atom is -0.493 e. The van der Waals surface area contributed by atoms with Crippen LogP contribution in [0, 0.1) is 6.92 Å². The van der Waals surface area contributed by atoms with Crippen molar-refractivity contribution in [3.8, 4) is 11.5 Å². The number of halogens is 1. The second-order valence-electron chi connectivity index (χ2n) is 8.26. The molecule has 0 unspecified atom stereocenters. The average molecular weight is 590 g/mol. The molecule has 0 aliphatic carbocycles. The first-order valence-electron chi connectivity index (χ1n) is 11.2. The predicted molar refractivity (Wildman–Crippen MR) is 149 cm³/mol. The molecule has 3 rings (SSSR count). The molecule has 0 saturated heterocycles. The quantitative estimate of drug-likeness (QED) is 0.281. The Bertz CT molecular complexity index is 1390. The number of sulfonamides is 1. The smallest absolute Gasteiger partial charge is 0.264 e. The number of anilines is 2. The molecule has 0 aliphatic heterocycles. The van der Waals surface area contributed by atoms with E-state index < -0.39 is 22.5 Å². The number of hydrogen-bond donors (Lipinski definition) is 1. The van der Waals surface area contributed by atoms with Gasteiger partial charge in [0.05, 0.1) is 36.7 Å². The molecule has 0 fully saturated rings. The fourth-order valence-corrected chi connectivity index (χ4v) is 5.61. The summed E-state index contributed by atoms with van der Waals surface area (Å²) in [5, 5.41) is 4.01. The number of rotatable bonds is 10. The molecule has 0 spiro atoms. The van der Waals surface area contributed by atoms with E-state index in [4.69, 9.17) is 9.47 Å². The number of hydrogen-bond acceptors (Lipinski definition) is 7. The monoisotopic (exact) mass is 588 g/mol. The van der Waals surface area contributed by atoms with E-state index in [1.165, 1.54) is 38.6 Å². The predicted octanol–water partition coefficient (Wildman–Crippen LogP) is 4.19. The van der Waals surface area contributed by atoms with Gasteiger partial charge in [-0.25, -0.2) is 13.8 Å². The molecule has 0 aromatic heterocycles. The number of hydrazone groups is 1. The van der Waals surface area contributed by atoms with Gasteiger partial charge < -0.3 is 14.4 Å². The topological polar surface area (TPSA) is 101 Å². The first kappa shape index (κ1) is 28.0. The van der Waals surface area contributed by atoms with Crippen molar-refractivity contribution >= 4 is 49.4 Å². The zero-order valence-corrected chi connectivity index (χ0v) is 23.6. The summed E-state index contributed by atoms with van der Waals surface area (Å²) in [6, 6.07) is 16.7. The van der Waals surface area contributed by atoms with Gasteiger partial charge in [0.15, 0.2) is 11.5 Å². The third kappa shape index (κ3) is 6.80. The van der Waals surface area contributed by atoms with Gasteiger partial charge in [-0.3, -0.25) is 9.10 Å². The van der Waals surface area contributed by atoms with Crippen molar-refractivity contribution in [2.45, 2.75) is 11.8 Å². The molecule has 9 nitrogen and oxygen atoms in total. The van der Waals surface area contributed by atoms with Crippen molar-refractivity contribution < 1.29 is 22.7 Å². The van der Waals surface area contributed by atoms with Crippen molar-refractivity contribution in [2.24, 2.45) is 5.10 Å². The molecule has 0 aliphatic rings. The maximum atomic E-state index is 13.6. The summed E-state index contributed by atoms with van der Waals surface area (Å²) in [5.41, 5.74) is 5.31. The Morgan fingerprint density at radius 3 is 2.27 bits per heavy atom. The van der Waals surface area contributed by atoms with E-state index >= 15 is 0 Å². The number of aryl methyl sites for hydroxylation is 1. The van der Waals surface area contributed by atoms with Crippen LogP contribution in [0.4, 0.5) is 11.4 Å². The number of carbonyl (C=O) groups excluding carboxylic acids is 1. The molecule has 0 bridgehead atoms. The second-order valence-corrected chi connectivity index (χ2v) is 11.0. The highest BCUT2D eigenvalue weighted by atomic mass is 79.9. The van der Waals surface area contributed by atoms with Gasteiger partial charge in [-0.1, -0.05) is 23.8 Å². The van der Waals surface area contributed by atoms with Crippen LogP contribution in [0.2, 0.25) is 0 Å². The van der Waals surface area contributed by atoms with Crippen LogP contribution in [0.1, 0.15) is 11.1 Å². The van der Waals surface area contributed by atoms with Crippen molar-refractivity contribution in [1.29, 1.82) is 0 Å². The van der Waals surface area contributed by atoms with Crippen molar-refractivity contribution in [1.82, 2.24) is 5.43 Å². The number of amides is 1. The number of carbonyl (C=O) groups is 1. The molecular weight excluding hydrogens is 560 g/mol. The summed E-state index contributed by atoms with van der Waals surface area (Å²) >= 11 is 3.51. The molecule has 1 N–H and O–H groups in total. The van der Waals surface area contributed by atoms with Crippen molar-refractivity contribution in [2.75, 3.05) is 44.1 Å². The van der Waals surface area contributed by atoms with E-state index in [9.17, 15) is 13.2 Å². The third-order valence-corrected chi connectivity index (χ3v) is 7.83. The lowest BCUT2D eigenvalue weighted by molar-refractivity contribution is -0.119. The summed E-state index contributed by atoms with van der Waals surface area (Å²) in [5.74, 6) is 0.138. The van der Waals surface area contributed by atoms with Gasteiger partial charge in [0.25, 0.3) is 15.9 Å². The van der Waals surface area contributed by atoms with Gasteiger partial charge in [-0.2, -0.15) is 5.10 Å². The molecule has 37 heavy (non-hydrogen) atoms. The van der Waals surface area contributed by atoms with Crippen LogP contribution in [-0.2, 0) is 14.8 Å². The number of methoxy groups -OCH3 is 2. The molecule has 0 heterocycles. The van der Waals surface area contributed by atoms with E-state index in [-0.39, 0.29) is 10.6 Å². The Balaban J connectivity index is 1.88. The fourth-order valence-electron chi connectivity index (χ4n) is 3.44. The zero-order chi connectivity index (χ0) is 27.2.